The molecule has 114 valence electrons. The van der Waals surface area contributed by atoms with Crippen LogP contribution in [0.25, 0.3) is 0 Å². The summed E-state index contributed by atoms with van der Waals surface area (Å²) in [5.74, 6) is -0.163. The maximum Gasteiger partial charge on any atom is 0.320 e. The minimum absolute atomic E-state index is 0.138. The molecule has 0 saturated carbocycles. The lowest BCUT2D eigenvalue weighted by Gasteiger charge is -2.30. The van der Waals surface area contributed by atoms with Gasteiger partial charge in [-0.15, -0.1) is 0 Å². The van der Waals surface area contributed by atoms with Crippen LogP contribution in [-0.4, -0.2) is 47.5 Å². The summed E-state index contributed by atoms with van der Waals surface area (Å²) in [6.45, 7) is 4.29. The Morgan fingerprint density at radius 3 is 2.52 bits per heavy atom. The maximum atomic E-state index is 12.1. The number of thioether (sulfide) groups is 1. The maximum absolute atomic E-state index is 12.1. The number of nitrogens with zero attached hydrogens (tertiary/aromatic N) is 1. The van der Waals surface area contributed by atoms with Crippen molar-refractivity contribution in [2.45, 2.75) is 25.0 Å². The van der Waals surface area contributed by atoms with E-state index >= 15 is 0 Å². The van der Waals surface area contributed by atoms with Gasteiger partial charge in [0.2, 0.25) is 5.12 Å². The standard InChI is InChI=1S/C16H21NO3S/c1-2-20-15(18)12-17-10-8-14(9-11-17)21-16(19)13-6-4-3-5-7-13/h3-7,14H,2,8-12H2,1H3. The molecule has 0 unspecified atom stereocenters. The van der Waals surface area contributed by atoms with Crippen LogP contribution < -0.4 is 0 Å². The first-order chi connectivity index (χ1) is 10.2. The zero-order valence-corrected chi connectivity index (χ0v) is 13.1. The van der Waals surface area contributed by atoms with Crippen molar-refractivity contribution in [1.29, 1.82) is 0 Å². The molecular weight excluding hydrogens is 286 g/mol. The van der Waals surface area contributed by atoms with E-state index < -0.39 is 0 Å². The predicted octanol–water partition coefficient (Wildman–Crippen LogP) is 2.59. The van der Waals surface area contributed by atoms with Crippen LogP contribution in [0.15, 0.2) is 30.3 Å². The van der Waals surface area contributed by atoms with Gasteiger partial charge in [0.15, 0.2) is 0 Å². The zero-order chi connectivity index (χ0) is 15.1. The SMILES string of the molecule is CCOC(=O)CN1CCC(SC(=O)c2ccccc2)CC1. The van der Waals surface area contributed by atoms with E-state index in [0.29, 0.717) is 18.4 Å². The third-order valence-electron chi connectivity index (χ3n) is 3.48. The highest BCUT2D eigenvalue weighted by Crippen LogP contribution is 2.26. The van der Waals surface area contributed by atoms with E-state index in [1.54, 1.807) is 0 Å². The fourth-order valence-electron chi connectivity index (χ4n) is 2.37. The van der Waals surface area contributed by atoms with Crippen LogP contribution in [0.4, 0.5) is 0 Å². The van der Waals surface area contributed by atoms with Crippen molar-refractivity contribution in [3.05, 3.63) is 35.9 Å². The molecule has 1 aromatic rings. The molecule has 1 heterocycles. The summed E-state index contributed by atoms with van der Waals surface area (Å²) < 4.78 is 4.95. The molecule has 0 radical (unpaired) electrons. The Bertz CT molecular complexity index is 470. The molecule has 1 aliphatic heterocycles. The molecule has 2 rings (SSSR count). The minimum Gasteiger partial charge on any atom is -0.465 e. The van der Waals surface area contributed by atoms with Crippen molar-refractivity contribution in [1.82, 2.24) is 4.90 Å². The number of piperidine rings is 1. The first kappa shape index (κ1) is 16.0. The van der Waals surface area contributed by atoms with Crippen LogP contribution in [-0.2, 0) is 9.53 Å². The fraction of sp³-hybridized carbons (Fsp3) is 0.500. The molecular formula is C16H21NO3S. The van der Waals surface area contributed by atoms with Crippen molar-refractivity contribution in [3.8, 4) is 0 Å². The normalized spacial score (nSPS) is 16.6. The minimum atomic E-state index is -0.163. The Kier molecular flexibility index (Phi) is 6.26. The molecule has 5 heteroatoms. The van der Waals surface area contributed by atoms with Gasteiger partial charge in [-0.3, -0.25) is 14.5 Å². The summed E-state index contributed by atoms with van der Waals surface area (Å²) in [6, 6.07) is 9.39. The smallest absolute Gasteiger partial charge is 0.320 e. The molecule has 0 aromatic heterocycles. The number of rotatable bonds is 5. The number of esters is 1. The van der Waals surface area contributed by atoms with Gasteiger partial charge in [-0.05, 0) is 32.9 Å². The van der Waals surface area contributed by atoms with E-state index in [2.05, 4.69) is 4.90 Å². The van der Waals surface area contributed by atoms with E-state index in [1.165, 1.54) is 11.8 Å². The second-order valence-electron chi connectivity index (χ2n) is 5.05. The number of likely N-dealkylation sites (tertiary alicyclic amines) is 1. The lowest BCUT2D eigenvalue weighted by atomic mass is 10.1. The lowest BCUT2D eigenvalue weighted by Crippen LogP contribution is -2.39. The molecule has 1 aliphatic rings. The second kappa shape index (κ2) is 8.20. The van der Waals surface area contributed by atoms with Crippen LogP contribution in [0, 0.1) is 0 Å². The molecule has 0 N–H and O–H groups in total. The summed E-state index contributed by atoms with van der Waals surface area (Å²) in [6.07, 6.45) is 1.87. The van der Waals surface area contributed by atoms with Crippen LogP contribution in [0.5, 0.6) is 0 Å². The van der Waals surface area contributed by atoms with Crippen LogP contribution >= 0.6 is 11.8 Å². The largest absolute Gasteiger partial charge is 0.465 e. The molecule has 1 aromatic carbocycles. The van der Waals surface area contributed by atoms with Gasteiger partial charge >= 0.3 is 5.97 Å². The molecule has 0 bridgehead atoms. The van der Waals surface area contributed by atoms with Gasteiger partial charge in [-0.2, -0.15) is 0 Å². The molecule has 21 heavy (non-hydrogen) atoms. The van der Waals surface area contributed by atoms with Gasteiger partial charge in [0.25, 0.3) is 0 Å². The quantitative estimate of drug-likeness (QED) is 0.783. The van der Waals surface area contributed by atoms with Gasteiger partial charge in [-0.25, -0.2) is 0 Å². The number of benzene rings is 1. The van der Waals surface area contributed by atoms with Crippen LogP contribution in [0.3, 0.4) is 0 Å². The number of ether oxygens (including phenoxy) is 1. The molecule has 1 fully saturated rings. The third kappa shape index (κ3) is 5.17. The van der Waals surface area contributed by atoms with E-state index in [-0.39, 0.29) is 11.1 Å². The highest BCUT2D eigenvalue weighted by atomic mass is 32.2. The molecule has 4 nitrogen and oxygen atoms in total. The van der Waals surface area contributed by atoms with E-state index in [0.717, 1.165) is 31.5 Å². The molecule has 1 saturated heterocycles. The van der Waals surface area contributed by atoms with Crippen molar-refractivity contribution >= 4 is 22.8 Å². The van der Waals surface area contributed by atoms with Gasteiger partial charge in [0.05, 0.1) is 13.2 Å². The predicted molar refractivity (Wildman–Crippen MR) is 84.5 cm³/mol. The average molecular weight is 307 g/mol. The van der Waals surface area contributed by atoms with Crippen molar-refractivity contribution in [2.75, 3.05) is 26.2 Å². The van der Waals surface area contributed by atoms with Gasteiger partial charge in [-0.1, -0.05) is 42.1 Å². The first-order valence-corrected chi connectivity index (χ1v) is 8.21. The monoisotopic (exact) mass is 307 g/mol. The van der Waals surface area contributed by atoms with E-state index in [4.69, 9.17) is 4.74 Å². The van der Waals surface area contributed by atoms with Crippen LogP contribution in [0.2, 0.25) is 0 Å². The highest BCUT2D eigenvalue weighted by molar-refractivity contribution is 8.14. The van der Waals surface area contributed by atoms with Crippen LogP contribution in [0.1, 0.15) is 30.1 Å². The highest BCUT2D eigenvalue weighted by Gasteiger charge is 2.23. The summed E-state index contributed by atoms with van der Waals surface area (Å²) in [7, 11) is 0. The summed E-state index contributed by atoms with van der Waals surface area (Å²) in [4.78, 5) is 25.7. The summed E-state index contributed by atoms with van der Waals surface area (Å²) >= 11 is 1.42. The Labute approximate surface area is 129 Å². The number of hydrogen-bond donors (Lipinski definition) is 0. The Morgan fingerprint density at radius 2 is 1.90 bits per heavy atom. The molecule has 0 aliphatic carbocycles. The second-order valence-corrected chi connectivity index (χ2v) is 6.33. The van der Waals surface area contributed by atoms with E-state index in [1.807, 2.05) is 37.3 Å². The molecule has 0 atom stereocenters. The van der Waals surface area contributed by atoms with Crippen molar-refractivity contribution < 1.29 is 14.3 Å². The van der Waals surface area contributed by atoms with E-state index in [9.17, 15) is 9.59 Å². The molecule has 0 amide bonds. The van der Waals surface area contributed by atoms with Gasteiger partial charge in [0.1, 0.15) is 0 Å². The summed E-state index contributed by atoms with van der Waals surface area (Å²) in [5.41, 5.74) is 0.761. The number of carbonyl (C=O) groups is 2. The van der Waals surface area contributed by atoms with Crippen molar-refractivity contribution in [2.24, 2.45) is 0 Å². The van der Waals surface area contributed by atoms with Crippen molar-refractivity contribution in [3.63, 3.8) is 0 Å². The third-order valence-corrected chi connectivity index (χ3v) is 4.73. The molecule has 0 spiro atoms. The zero-order valence-electron chi connectivity index (χ0n) is 12.3. The Balaban J connectivity index is 1.74. The van der Waals surface area contributed by atoms with Gasteiger partial charge < -0.3 is 4.74 Å². The summed E-state index contributed by atoms with van der Waals surface area (Å²) in [5, 5.41) is 0.482. The van der Waals surface area contributed by atoms with Gasteiger partial charge in [0, 0.05) is 10.8 Å². The Hall–Kier alpha value is -1.33. The topological polar surface area (TPSA) is 46.6 Å². The fourth-order valence-corrected chi connectivity index (χ4v) is 3.39. The lowest BCUT2D eigenvalue weighted by molar-refractivity contribution is -0.144. The first-order valence-electron chi connectivity index (χ1n) is 7.33. The number of hydrogen-bond acceptors (Lipinski definition) is 5. The number of carbonyl (C=O) groups excluding carboxylic acids is 2. The average Bonchev–Trinajstić information content (AvgIpc) is 2.50. The Morgan fingerprint density at radius 1 is 1.24 bits per heavy atom.